The number of hydrogen-bond donors (Lipinski definition) is 2. The van der Waals surface area contributed by atoms with Gasteiger partial charge in [0.2, 0.25) is 0 Å². The van der Waals surface area contributed by atoms with Gasteiger partial charge >= 0.3 is 0 Å². The summed E-state index contributed by atoms with van der Waals surface area (Å²) >= 11 is 0. The van der Waals surface area contributed by atoms with E-state index >= 15 is 0 Å². The average Bonchev–Trinajstić information content (AvgIpc) is 2.63. The SMILES string of the molecule is O=[N+]([O-])c1ccc(CO)cc1NC1CCN(C2CCCCC2)CC1. The summed E-state index contributed by atoms with van der Waals surface area (Å²) in [6.07, 6.45) is 8.74. The molecule has 132 valence electrons. The second kappa shape index (κ2) is 7.94. The zero-order valence-corrected chi connectivity index (χ0v) is 14.1. The van der Waals surface area contributed by atoms with Crippen molar-refractivity contribution in [1.82, 2.24) is 4.90 Å². The lowest BCUT2D eigenvalue weighted by molar-refractivity contribution is -0.384. The van der Waals surface area contributed by atoms with Gasteiger partial charge in [0.25, 0.3) is 5.69 Å². The number of nitrogens with zero attached hydrogens (tertiary/aromatic N) is 2. The van der Waals surface area contributed by atoms with Crippen LogP contribution in [0.4, 0.5) is 11.4 Å². The van der Waals surface area contributed by atoms with Crippen molar-refractivity contribution in [2.75, 3.05) is 18.4 Å². The van der Waals surface area contributed by atoms with Crippen LogP contribution in [-0.4, -0.2) is 40.1 Å². The van der Waals surface area contributed by atoms with Crippen molar-refractivity contribution in [3.05, 3.63) is 33.9 Å². The summed E-state index contributed by atoms with van der Waals surface area (Å²) in [5.74, 6) is 0. The topological polar surface area (TPSA) is 78.6 Å². The molecule has 0 bridgehead atoms. The van der Waals surface area contributed by atoms with Gasteiger partial charge in [-0.05, 0) is 43.4 Å². The molecule has 2 aliphatic rings. The molecule has 0 radical (unpaired) electrons. The summed E-state index contributed by atoms with van der Waals surface area (Å²) in [6.45, 7) is 2.03. The molecule has 1 aliphatic heterocycles. The maximum absolute atomic E-state index is 11.2. The van der Waals surface area contributed by atoms with Crippen LogP contribution in [0.15, 0.2) is 18.2 Å². The number of piperidine rings is 1. The minimum atomic E-state index is -0.360. The van der Waals surface area contributed by atoms with Gasteiger partial charge in [0.15, 0.2) is 0 Å². The Bertz CT molecular complexity index is 565. The molecular weight excluding hydrogens is 306 g/mol. The van der Waals surface area contributed by atoms with Crippen LogP contribution in [0.5, 0.6) is 0 Å². The molecule has 1 saturated carbocycles. The molecule has 1 saturated heterocycles. The van der Waals surface area contributed by atoms with E-state index in [-0.39, 0.29) is 23.3 Å². The molecule has 0 spiro atoms. The van der Waals surface area contributed by atoms with E-state index in [0.717, 1.165) is 32.0 Å². The number of aliphatic hydroxyl groups is 1. The third kappa shape index (κ3) is 4.05. The molecule has 0 amide bonds. The number of nitrogens with one attached hydrogen (secondary N) is 1. The normalized spacial score (nSPS) is 20.9. The average molecular weight is 333 g/mol. The predicted molar refractivity (Wildman–Crippen MR) is 94.1 cm³/mol. The van der Waals surface area contributed by atoms with E-state index < -0.39 is 0 Å². The number of rotatable bonds is 5. The van der Waals surface area contributed by atoms with Crippen molar-refractivity contribution in [1.29, 1.82) is 0 Å². The minimum Gasteiger partial charge on any atom is -0.392 e. The summed E-state index contributed by atoms with van der Waals surface area (Å²) in [5, 5.41) is 23.8. The van der Waals surface area contributed by atoms with Crippen LogP contribution < -0.4 is 5.32 Å². The van der Waals surface area contributed by atoms with E-state index in [4.69, 9.17) is 0 Å². The molecule has 2 fully saturated rings. The van der Waals surface area contributed by atoms with Gasteiger partial charge in [-0.15, -0.1) is 0 Å². The predicted octanol–water partition coefficient (Wildman–Crippen LogP) is 3.30. The first-order valence-electron chi connectivity index (χ1n) is 9.06. The molecular formula is C18H27N3O3. The van der Waals surface area contributed by atoms with Gasteiger partial charge in [0.05, 0.1) is 11.5 Å². The summed E-state index contributed by atoms with van der Waals surface area (Å²) in [4.78, 5) is 13.5. The van der Waals surface area contributed by atoms with Gasteiger partial charge in [-0.2, -0.15) is 0 Å². The standard InChI is InChI=1S/C18H27N3O3/c22-13-14-6-7-18(21(23)24)17(12-14)19-15-8-10-20(11-9-15)16-4-2-1-3-5-16/h6-7,12,15-16,19,22H,1-5,8-11,13H2. The van der Waals surface area contributed by atoms with Crippen LogP contribution in [0.25, 0.3) is 0 Å². The van der Waals surface area contributed by atoms with Gasteiger partial charge in [0.1, 0.15) is 5.69 Å². The molecule has 1 aromatic carbocycles. The Morgan fingerprint density at radius 3 is 2.50 bits per heavy atom. The molecule has 2 N–H and O–H groups in total. The lowest BCUT2D eigenvalue weighted by Crippen LogP contribution is -2.45. The second-order valence-corrected chi connectivity index (χ2v) is 7.01. The fourth-order valence-corrected chi connectivity index (χ4v) is 4.03. The van der Waals surface area contributed by atoms with Crippen molar-refractivity contribution in [3.63, 3.8) is 0 Å². The molecule has 1 aromatic rings. The number of likely N-dealkylation sites (tertiary alicyclic amines) is 1. The van der Waals surface area contributed by atoms with Crippen LogP contribution >= 0.6 is 0 Å². The molecule has 1 aliphatic carbocycles. The Kier molecular flexibility index (Phi) is 5.68. The molecule has 0 atom stereocenters. The van der Waals surface area contributed by atoms with Crippen LogP contribution in [0.1, 0.15) is 50.5 Å². The summed E-state index contributed by atoms with van der Waals surface area (Å²) < 4.78 is 0. The van der Waals surface area contributed by atoms with Crippen molar-refractivity contribution in [2.24, 2.45) is 0 Å². The zero-order valence-electron chi connectivity index (χ0n) is 14.1. The number of aliphatic hydroxyl groups excluding tert-OH is 1. The van der Waals surface area contributed by atoms with Crippen LogP contribution in [-0.2, 0) is 6.61 Å². The Balaban J connectivity index is 1.60. The van der Waals surface area contributed by atoms with E-state index in [1.165, 1.54) is 38.2 Å². The first-order valence-corrected chi connectivity index (χ1v) is 9.06. The molecule has 0 aromatic heterocycles. The van der Waals surface area contributed by atoms with Gasteiger partial charge in [-0.25, -0.2) is 0 Å². The van der Waals surface area contributed by atoms with Gasteiger partial charge < -0.3 is 15.3 Å². The Labute approximate surface area is 143 Å². The lowest BCUT2D eigenvalue weighted by Gasteiger charge is -2.39. The largest absolute Gasteiger partial charge is 0.392 e. The summed E-state index contributed by atoms with van der Waals surface area (Å²) in [7, 11) is 0. The van der Waals surface area contributed by atoms with Gasteiger partial charge in [0, 0.05) is 31.2 Å². The molecule has 6 heteroatoms. The monoisotopic (exact) mass is 333 g/mol. The number of hydrogen-bond acceptors (Lipinski definition) is 5. The highest BCUT2D eigenvalue weighted by molar-refractivity contribution is 5.63. The van der Waals surface area contributed by atoms with Crippen LogP contribution in [0.2, 0.25) is 0 Å². The molecule has 0 unspecified atom stereocenters. The lowest BCUT2D eigenvalue weighted by atomic mass is 9.92. The highest BCUT2D eigenvalue weighted by Crippen LogP contribution is 2.30. The number of nitro groups is 1. The third-order valence-electron chi connectivity index (χ3n) is 5.42. The van der Waals surface area contributed by atoms with Gasteiger partial charge in [-0.3, -0.25) is 10.1 Å². The highest BCUT2D eigenvalue weighted by Gasteiger charge is 2.27. The van der Waals surface area contributed by atoms with E-state index in [9.17, 15) is 15.2 Å². The van der Waals surface area contributed by atoms with Crippen molar-refractivity contribution in [2.45, 2.75) is 63.6 Å². The number of anilines is 1. The quantitative estimate of drug-likeness (QED) is 0.638. The first kappa shape index (κ1) is 17.2. The highest BCUT2D eigenvalue weighted by atomic mass is 16.6. The minimum absolute atomic E-state index is 0.0851. The fraction of sp³-hybridized carbons (Fsp3) is 0.667. The van der Waals surface area contributed by atoms with Crippen LogP contribution in [0, 0.1) is 10.1 Å². The van der Waals surface area contributed by atoms with Crippen molar-refractivity contribution >= 4 is 11.4 Å². The second-order valence-electron chi connectivity index (χ2n) is 7.01. The maximum atomic E-state index is 11.2. The summed E-state index contributed by atoms with van der Waals surface area (Å²) in [5.41, 5.74) is 1.31. The van der Waals surface area contributed by atoms with E-state index in [1.54, 1.807) is 12.1 Å². The molecule has 3 rings (SSSR count). The number of benzene rings is 1. The van der Waals surface area contributed by atoms with E-state index in [0.29, 0.717) is 11.3 Å². The molecule has 24 heavy (non-hydrogen) atoms. The Morgan fingerprint density at radius 2 is 1.88 bits per heavy atom. The fourth-order valence-electron chi connectivity index (χ4n) is 4.03. The molecule has 1 heterocycles. The number of nitro benzene ring substituents is 1. The summed E-state index contributed by atoms with van der Waals surface area (Å²) in [6, 6.07) is 5.79. The van der Waals surface area contributed by atoms with Crippen LogP contribution in [0.3, 0.4) is 0 Å². The Hall–Kier alpha value is -1.66. The zero-order chi connectivity index (χ0) is 16.9. The third-order valence-corrected chi connectivity index (χ3v) is 5.42. The first-order chi connectivity index (χ1) is 11.7. The smallest absolute Gasteiger partial charge is 0.292 e. The maximum Gasteiger partial charge on any atom is 0.292 e. The van der Waals surface area contributed by atoms with E-state index in [1.807, 2.05) is 0 Å². The Morgan fingerprint density at radius 1 is 1.17 bits per heavy atom. The van der Waals surface area contributed by atoms with Crippen molar-refractivity contribution in [3.8, 4) is 0 Å². The van der Waals surface area contributed by atoms with E-state index in [2.05, 4.69) is 10.2 Å². The molecule has 6 nitrogen and oxygen atoms in total. The van der Waals surface area contributed by atoms with Crippen molar-refractivity contribution < 1.29 is 10.0 Å². The van der Waals surface area contributed by atoms with Gasteiger partial charge in [-0.1, -0.05) is 19.3 Å².